The molecule has 0 aliphatic carbocycles. The maximum atomic E-state index is 5.02. The first kappa shape index (κ1) is 10.9. The third-order valence-electron chi connectivity index (χ3n) is 1.50. The highest BCUT2D eigenvalue weighted by molar-refractivity contribution is 9.09. The summed E-state index contributed by atoms with van der Waals surface area (Å²) >= 11 is 4.91. The second-order valence-electron chi connectivity index (χ2n) is 2.66. The predicted molar refractivity (Wildman–Crippen MR) is 57.8 cm³/mol. The molecule has 1 aromatic heterocycles. The van der Waals surface area contributed by atoms with Crippen molar-refractivity contribution in [3.63, 3.8) is 0 Å². The molecule has 0 bridgehead atoms. The van der Waals surface area contributed by atoms with E-state index < -0.39 is 0 Å². The summed E-state index contributed by atoms with van der Waals surface area (Å²) < 4.78 is 8.95. The van der Waals surface area contributed by atoms with Gasteiger partial charge in [0.25, 0.3) is 0 Å². The van der Waals surface area contributed by atoms with Crippen LogP contribution in [0, 0.1) is 0 Å². The molecule has 6 heteroatoms. The quantitative estimate of drug-likeness (QED) is 0.755. The van der Waals surface area contributed by atoms with Crippen molar-refractivity contribution in [3.05, 3.63) is 6.33 Å². The summed E-state index contributed by atoms with van der Waals surface area (Å²) in [6, 6.07) is 0. The molecule has 0 spiro atoms. The number of rotatable bonds is 5. The van der Waals surface area contributed by atoms with Crippen molar-refractivity contribution < 1.29 is 4.74 Å². The van der Waals surface area contributed by atoms with Crippen LogP contribution in [0.4, 0.5) is 5.13 Å². The Kier molecular flexibility index (Phi) is 4.61. The van der Waals surface area contributed by atoms with E-state index in [2.05, 4.69) is 30.2 Å². The Morgan fingerprint density at radius 3 is 3.08 bits per heavy atom. The first-order valence-corrected chi connectivity index (χ1v) is 5.53. The third kappa shape index (κ3) is 3.58. The Labute approximate surface area is 90.2 Å². The molecule has 13 heavy (non-hydrogen) atoms. The van der Waals surface area contributed by atoms with Crippen molar-refractivity contribution in [1.82, 2.24) is 9.36 Å². The van der Waals surface area contributed by atoms with Gasteiger partial charge in [-0.3, -0.25) is 0 Å². The fourth-order valence-corrected chi connectivity index (χ4v) is 2.14. The van der Waals surface area contributed by atoms with Crippen molar-refractivity contribution in [2.24, 2.45) is 0 Å². The Morgan fingerprint density at radius 2 is 2.54 bits per heavy atom. The largest absolute Gasteiger partial charge is 0.383 e. The van der Waals surface area contributed by atoms with Crippen LogP contribution in [0.3, 0.4) is 0 Å². The minimum Gasteiger partial charge on any atom is -0.383 e. The normalized spacial score (nSPS) is 12.8. The van der Waals surface area contributed by atoms with Gasteiger partial charge in [-0.25, -0.2) is 4.98 Å². The van der Waals surface area contributed by atoms with Crippen LogP contribution in [0.1, 0.15) is 0 Å². The zero-order valence-corrected chi connectivity index (χ0v) is 10.0. The van der Waals surface area contributed by atoms with Crippen molar-refractivity contribution in [1.29, 1.82) is 0 Å². The van der Waals surface area contributed by atoms with Gasteiger partial charge >= 0.3 is 0 Å². The number of hydrogen-bond donors (Lipinski definition) is 0. The lowest BCUT2D eigenvalue weighted by atomic mass is 10.4. The molecule has 4 nitrogen and oxygen atoms in total. The Balaban J connectivity index is 2.37. The molecule has 1 unspecified atom stereocenters. The number of hydrogen-bond acceptors (Lipinski definition) is 5. The third-order valence-corrected chi connectivity index (χ3v) is 2.83. The molecule has 1 aromatic rings. The van der Waals surface area contributed by atoms with Gasteiger partial charge in [-0.15, -0.1) is 0 Å². The van der Waals surface area contributed by atoms with Gasteiger partial charge in [0.05, 0.1) is 11.4 Å². The number of nitrogens with zero attached hydrogens (tertiary/aromatic N) is 3. The second-order valence-corrected chi connectivity index (χ2v) is 4.71. The highest BCUT2D eigenvalue weighted by atomic mass is 79.9. The van der Waals surface area contributed by atoms with Gasteiger partial charge in [-0.2, -0.15) is 4.37 Å². The minimum absolute atomic E-state index is 0.325. The number of halogens is 1. The SMILES string of the molecule is COCC(Br)CN(C)c1ncns1. The van der Waals surface area contributed by atoms with Crippen LogP contribution in [-0.4, -0.2) is 41.5 Å². The average molecular weight is 266 g/mol. The molecule has 1 atom stereocenters. The van der Waals surface area contributed by atoms with E-state index in [1.807, 2.05) is 7.05 Å². The van der Waals surface area contributed by atoms with E-state index >= 15 is 0 Å². The number of alkyl halides is 1. The average Bonchev–Trinajstić information content (AvgIpc) is 2.55. The summed E-state index contributed by atoms with van der Waals surface area (Å²) in [6.07, 6.45) is 1.57. The van der Waals surface area contributed by atoms with Crippen LogP contribution in [0.25, 0.3) is 0 Å². The van der Waals surface area contributed by atoms with Gasteiger partial charge in [0, 0.05) is 32.2 Å². The lowest BCUT2D eigenvalue weighted by Crippen LogP contribution is -2.27. The summed E-state index contributed by atoms with van der Waals surface area (Å²) in [4.78, 5) is 6.48. The van der Waals surface area contributed by atoms with Crippen LogP contribution >= 0.6 is 27.5 Å². The smallest absolute Gasteiger partial charge is 0.204 e. The molecule has 0 N–H and O–H groups in total. The maximum Gasteiger partial charge on any atom is 0.204 e. The van der Waals surface area contributed by atoms with Gasteiger partial charge < -0.3 is 9.64 Å². The summed E-state index contributed by atoms with van der Waals surface area (Å²) in [5.74, 6) is 0. The van der Waals surface area contributed by atoms with Gasteiger partial charge in [0.15, 0.2) is 0 Å². The highest BCUT2D eigenvalue weighted by Crippen LogP contribution is 2.14. The number of aromatic nitrogens is 2. The molecule has 0 amide bonds. The van der Waals surface area contributed by atoms with Gasteiger partial charge in [-0.1, -0.05) is 15.9 Å². The first-order chi connectivity index (χ1) is 6.24. The van der Waals surface area contributed by atoms with Crippen LogP contribution in [-0.2, 0) is 4.74 Å². The molecule has 1 heterocycles. The van der Waals surface area contributed by atoms with E-state index in [1.54, 1.807) is 13.4 Å². The highest BCUT2D eigenvalue weighted by Gasteiger charge is 2.10. The topological polar surface area (TPSA) is 38.2 Å². The molecule has 0 aromatic carbocycles. The molecule has 0 aliphatic rings. The number of methoxy groups -OCH3 is 1. The minimum atomic E-state index is 0.325. The van der Waals surface area contributed by atoms with Crippen LogP contribution < -0.4 is 4.90 Å². The van der Waals surface area contributed by atoms with Crippen LogP contribution in [0.2, 0.25) is 0 Å². The molecule has 0 aliphatic heterocycles. The Bertz CT molecular complexity index is 232. The van der Waals surface area contributed by atoms with Crippen LogP contribution in [0.5, 0.6) is 0 Å². The predicted octanol–water partition coefficient (Wildman–Crippen LogP) is 1.38. The van der Waals surface area contributed by atoms with Crippen molar-refractivity contribution in [2.75, 3.05) is 32.2 Å². The molecule has 0 saturated carbocycles. The number of ether oxygens (including phenoxy) is 1. The fourth-order valence-electron chi connectivity index (χ4n) is 0.944. The first-order valence-electron chi connectivity index (χ1n) is 3.85. The standard InChI is InChI=1S/C7H12BrN3OS/c1-11(3-6(8)4-12-2)7-9-5-10-13-7/h5-6H,3-4H2,1-2H3. The van der Waals surface area contributed by atoms with Crippen LogP contribution in [0.15, 0.2) is 6.33 Å². The lowest BCUT2D eigenvalue weighted by Gasteiger charge is -2.18. The monoisotopic (exact) mass is 265 g/mol. The summed E-state index contributed by atoms with van der Waals surface area (Å²) in [5, 5.41) is 0.931. The maximum absolute atomic E-state index is 5.02. The number of anilines is 1. The fraction of sp³-hybridized carbons (Fsp3) is 0.714. The molecule has 0 radical (unpaired) electrons. The van der Waals surface area contributed by atoms with Crippen molar-refractivity contribution >= 4 is 32.6 Å². The summed E-state index contributed by atoms with van der Waals surface area (Å²) in [7, 11) is 3.68. The van der Waals surface area contributed by atoms with E-state index in [0.717, 1.165) is 11.7 Å². The zero-order valence-electron chi connectivity index (χ0n) is 7.61. The second kappa shape index (κ2) is 5.51. The van der Waals surface area contributed by atoms with E-state index in [4.69, 9.17) is 4.74 Å². The van der Waals surface area contributed by atoms with E-state index in [-0.39, 0.29) is 0 Å². The van der Waals surface area contributed by atoms with E-state index in [0.29, 0.717) is 11.4 Å². The van der Waals surface area contributed by atoms with E-state index in [1.165, 1.54) is 11.5 Å². The zero-order chi connectivity index (χ0) is 9.68. The van der Waals surface area contributed by atoms with Crippen molar-refractivity contribution in [3.8, 4) is 0 Å². The van der Waals surface area contributed by atoms with E-state index in [9.17, 15) is 0 Å². The van der Waals surface area contributed by atoms with Crippen molar-refractivity contribution in [2.45, 2.75) is 4.83 Å². The molecule has 1 rings (SSSR count). The molecular weight excluding hydrogens is 254 g/mol. The molecule has 74 valence electrons. The molecule has 0 fully saturated rings. The lowest BCUT2D eigenvalue weighted by molar-refractivity contribution is 0.202. The van der Waals surface area contributed by atoms with Gasteiger partial charge in [0.2, 0.25) is 5.13 Å². The summed E-state index contributed by atoms with van der Waals surface area (Å²) in [6.45, 7) is 1.56. The Morgan fingerprint density at radius 1 is 1.77 bits per heavy atom. The van der Waals surface area contributed by atoms with Gasteiger partial charge in [0.1, 0.15) is 6.33 Å². The molecule has 0 saturated heterocycles. The van der Waals surface area contributed by atoms with Gasteiger partial charge in [-0.05, 0) is 0 Å². The molecular formula is C7H12BrN3OS. The summed E-state index contributed by atoms with van der Waals surface area (Å²) in [5.41, 5.74) is 0. The Hall–Kier alpha value is -0.200.